The van der Waals surface area contributed by atoms with Crippen LogP contribution in [-0.4, -0.2) is 65.1 Å². The number of imide groups is 1. The first-order chi connectivity index (χ1) is 19.8. The van der Waals surface area contributed by atoms with E-state index in [9.17, 15) is 24.3 Å². The Morgan fingerprint density at radius 3 is 2.49 bits per heavy atom. The number of rotatable bonds is 8. The minimum absolute atomic E-state index is 0.143. The van der Waals surface area contributed by atoms with Gasteiger partial charge in [0.05, 0.1) is 11.2 Å². The molecule has 212 valence electrons. The molecule has 1 unspecified atom stereocenters. The number of hydrogen-bond acceptors (Lipinski definition) is 7. The first kappa shape index (κ1) is 28.2. The summed E-state index contributed by atoms with van der Waals surface area (Å²) in [6.45, 7) is 2.01. The fourth-order valence-electron chi connectivity index (χ4n) is 5.49. The molecule has 9 nitrogen and oxygen atoms in total. The molecule has 3 aromatic carbocycles. The fraction of sp³-hybridized carbons (Fsp3) is 0.312. The number of nitrogens with zero attached hydrogens (tertiary/aromatic N) is 2. The van der Waals surface area contributed by atoms with Crippen molar-refractivity contribution in [2.45, 2.75) is 43.9 Å². The largest absolute Gasteiger partial charge is 0.457 e. The molecule has 0 saturated carbocycles. The van der Waals surface area contributed by atoms with Gasteiger partial charge in [-0.1, -0.05) is 36.4 Å². The van der Waals surface area contributed by atoms with Crippen LogP contribution in [0.4, 0.5) is 0 Å². The highest BCUT2D eigenvalue weighted by Gasteiger charge is 2.36. The van der Waals surface area contributed by atoms with Crippen molar-refractivity contribution in [2.24, 2.45) is 0 Å². The van der Waals surface area contributed by atoms with Gasteiger partial charge in [-0.3, -0.25) is 29.4 Å². The number of para-hydroxylation sites is 1. The Hall–Kier alpha value is -4.34. The van der Waals surface area contributed by atoms with Crippen molar-refractivity contribution in [1.82, 2.24) is 15.1 Å². The molecule has 3 aromatic rings. The highest BCUT2D eigenvalue weighted by Crippen LogP contribution is 2.35. The summed E-state index contributed by atoms with van der Waals surface area (Å²) in [5.74, 6) is 0.153. The number of ether oxygens (including phenoxy) is 1. The molecule has 2 saturated heterocycles. The summed E-state index contributed by atoms with van der Waals surface area (Å²) in [7, 11) is 1.48. The summed E-state index contributed by atoms with van der Waals surface area (Å²) in [6.07, 6.45) is 1.90. The standard InChI is InChI=1S/C32H33N3O6/c1-34(28-12-13-29(37)33-30(28)38)31(39)27-11-10-24(19-23(27)21-36)32(40)14-16-35(17-15-32)20-22-6-5-9-26(18-22)41-25-7-3-2-4-8-25/h2-11,18-19,21,28,40H,12-17,20H2,1H3,(H,33,37,38). The summed E-state index contributed by atoms with van der Waals surface area (Å²) in [5.41, 5.74) is 0.851. The predicted octanol–water partition coefficient (Wildman–Crippen LogP) is 3.65. The molecule has 2 aliphatic heterocycles. The Kier molecular flexibility index (Phi) is 8.28. The topological polar surface area (TPSA) is 116 Å². The Balaban J connectivity index is 1.23. The number of hydrogen-bond donors (Lipinski definition) is 2. The SMILES string of the molecule is CN(C(=O)c1ccc(C2(O)CCN(Cc3cccc(Oc4ccccc4)c3)CC2)cc1C=O)C1CCC(=O)NC1=O. The van der Waals surface area contributed by atoms with Crippen molar-refractivity contribution >= 4 is 24.0 Å². The number of likely N-dealkylation sites (N-methyl/N-ethyl adjacent to an activating group) is 1. The molecule has 5 rings (SSSR count). The molecule has 0 radical (unpaired) electrons. The Bertz CT molecular complexity index is 1450. The van der Waals surface area contributed by atoms with E-state index in [2.05, 4.69) is 16.3 Å². The van der Waals surface area contributed by atoms with Gasteiger partial charge in [-0.25, -0.2) is 0 Å². The number of aldehydes is 1. The molecule has 0 spiro atoms. The molecule has 2 fully saturated rings. The van der Waals surface area contributed by atoms with Crippen LogP contribution in [0.25, 0.3) is 0 Å². The summed E-state index contributed by atoms with van der Waals surface area (Å²) in [4.78, 5) is 52.4. The molecule has 0 aliphatic carbocycles. The summed E-state index contributed by atoms with van der Waals surface area (Å²) in [6, 6.07) is 21.6. The van der Waals surface area contributed by atoms with Crippen LogP contribution in [0.2, 0.25) is 0 Å². The highest BCUT2D eigenvalue weighted by atomic mass is 16.5. The van der Waals surface area contributed by atoms with Gasteiger partial charge < -0.3 is 14.7 Å². The van der Waals surface area contributed by atoms with Crippen LogP contribution >= 0.6 is 0 Å². The average Bonchev–Trinajstić information content (AvgIpc) is 2.98. The van der Waals surface area contributed by atoms with Crippen LogP contribution in [0.5, 0.6) is 11.5 Å². The number of benzene rings is 3. The Morgan fingerprint density at radius 1 is 1.05 bits per heavy atom. The molecule has 2 aliphatic rings. The minimum Gasteiger partial charge on any atom is -0.457 e. The van der Waals surface area contributed by atoms with E-state index in [4.69, 9.17) is 4.74 Å². The van der Waals surface area contributed by atoms with Crippen molar-refractivity contribution in [3.63, 3.8) is 0 Å². The molecule has 3 amide bonds. The first-order valence-corrected chi connectivity index (χ1v) is 13.7. The molecule has 41 heavy (non-hydrogen) atoms. The Labute approximate surface area is 238 Å². The lowest BCUT2D eigenvalue weighted by Gasteiger charge is -2.39. The van der Waals surface area contributed by atoms with E-state index in [1.165, 1.54) is 18.0 Å². The van der Waals surface area contributed by atoms with Crippen LogP contribution in [0.1, 0.15) is 57.5 Å². The number of amides is 3. The minimum atomic E-state index is -1.14. The van der Waals surface area contributed by atoms with Crippen molar-refractivity contribution in [2.75, 3.05) is 20.1 Å². The van der Waals surface area contributed by atoms with E-state index >= 15 is 0 Å². The van der Waals surface area contributed by atoms with Gasteiger partial charge in [-0.05, 0) is 66.8 Å². The maximum atomic E-state index is 13.2. The second-order valence-electron chi connectivity index (χ2n) is 10.7. The number of aliphatic hydroxyl groups is 1. The van der Waals surface area contributed by atoms with Crippen molar-refractivity contribution < 1.29 is 29.0 Å². The Morgan fingerprint density at radius 2 is 1.78 bits per heavy atom. The number of carbonyl (C=O) groups is 4. The van der Waals surface area contributed by atoms with E-state index in [1.54, 1.807) is 12.1 Å². The highest BCUT2D eigenvalue weighted by molar-refractivity contribution is 6.06. The van der Waals surface area contributed by atoms with E-state index in [0.29, 0.717) is 44.3 Å². The second-order valence-corrected chi connectivity index (χ2v) is 10.7. The van der Waals surface area contributed by atoms with Crippen LogP contribution in [0.15, 0.2) is 72.8 Å². The van der Waals surface area contributed by atoms with Gasteiger partial charge in [0.1, 0.15) is 17.5 Å². The van der Waals surface area contributed by atoms with E-state index in [1.807, 2.05) is 48.5 Å². The number of likely N-dealkylation sites (tertiary alicyclic amines) is 1. The lowest BCUT2D eigenvalue weighted by molar-refractivity contribution is -0.136. The average molecular weight is 556 g/mol. The number of nitrogens with one attached hydrogen (secondary N) is 1. The van der Waals surface area contributed by atoms with Crippen molar-refractivity contribution in [1.29, 1.82) is 0 Å². The quantitative estimate of drug-likeness (QED) is 0.322. The number of piperidine rings is 2. The zero-order chi connectivity index (χ0) is 29.0. The van der Waals surface area contributed by atoms with Gasteiger partial charge in [0.2, 0.25) is 11.8 Å². The fourth-order valence-corrected chi connectivity index (χ4v) is 5.49. The molecule has 0 aromatic heterocycles. The number of carbonyl (C=O) groups excluding carboxylic acids is 4. The van der Waals surface area contributed by atoms with E-state index < -0.39 is 23.5 Å². The van der Waals surface area contributed by atoms with Crippen molar-refractivity contribution in [3.8, 4) is 11.5 Å². The predicted molar refractivity (Wildman–Crippen MR) is 151 cm³/mol. The lowest BCUT2D eigenvalue weighted by atomic mass is 9.83. The molecule has 0 bridgehead atoms. The van der Waals surface area contributed by atoms with Crippen LogP contribution in [0.3, 0.4) is 0 Å². The third-order valence-electron chi connectivity index (χ3n) is 7.91. The summed E-state index contributed by atoms with van der Waals surface area (Å²) in [5, 5.41) is 13.8. The maximum absolute atomic E-state index is 13.2. The second kappa shape index (κ2) is 12.0. The molecule has 9 heteroatoms. The van der Waals surface area contributed by atoms with Crippen LogP contribution in [-0.2, 0) is 21.7 Å². The third-order valence-corrected chi connectivity index (χ3v) is 7.91. The van der Waals surface area contributed by atoms with Gasteiger partial charge in [0, 0.05) is 38.7 Å². The molecular weight excluding hydrogens is 522 g/mol. The van der Waals surface area contributed by atoms with Crippen molar-refractivity contribution in [3.05, 3.63) is 95.1 Å². The molecular formula is C32H33N3O6. The van der Waals surface area contributed by atoms with E-state index in [-0.39, 0.29) is 29.9 Å². The van der Waals surface area contributed by atoms with Gasteiger partial charge >= 0.3 is 0 Å². The van der Waals surface area contributed by atoms with Gasteiger partial charge in [0.15, 0.2) is 6.29 Å². The summed E-state index contributed by atoms with van der Waals surface area (Å²) < 4.78 is 5.96. The van der Waals surface area contributed by atoms with Crippen LogP contribution in [0, 0.1) is 0 Å². The smallest absolute Gasteiger partial charge is 0.255 e. The zero-order valence-electron chi connectivity index (χ0n) is 22.9. The zero-order valence-corrected chi connectivity index (χ0v) is 22.9. The normalized spacial score (nSPS) is 18.8. The first-order valence-electron chi connectivity index (χ1n) is 13.7. The molecule has 1 atom stereocenters. The van der Waals surface area contributed by atoms with Gasteiger partial charge in [-0.2, -0.15) is 0 Å². The van der Waals surface area contributed by atoms with Gasteiger partial charge in [0.25, 0.3) is 5.91 Å². The maximum Gasteiger partial charge on any atom is 0.255 e. The molecule has 2 heterocycles. The third kappa shape index (κ3) is 6.37. The monoisotopic (exact) mass is 555 g/mol. The van der Waals surface area contributed by atoms with Gasteiger partial charge in [-0.15, -0.1) is 0 Å². The lowest BCUT2D eigenvalue weighted by Crippen LogP contribution is -2.53. The van der Waals surface area contributed by atoms with Crippen LogP contribution < -0.4 is 10.1 Å². The summed E-state index contributed by atoms with van der Waals surface area (Å²) >= 11 is 0. The molecule has 2 N–H and O–H groups in total. The van der Waals surface area contributed by atoms with E-state index in [0.717, 1.165) is 17.1 Å².